The van der Waals surface area contributed by atoms with Crippen LogP contribution in [-0.2, 0) is 6.54 Å². The van der Waals surface area contributed by atoms with Crippen LogP contribution in [-0.4, -0.2) is 14.8 Å². The van der Waals surface area contributed by atoms with Gasteiger partial charge in [-0.3, -0.25) is 4.68 Å². The maximum Gasteiger partial charge on any atom is 0.109 e. The highest BCUT2D eigenvalue weighted by atomic mass is 32.1. The molecule has 0 saturated carbocycles. The molecule has 0 aliphatic heterocycles. The number of hydrogen-bond acceptors (Lipinski definition) is 4. The lowest BCUT2D eigenvalue weighted by Gasteiger charge is -2.10. The highest BCUT2D eigenvalue weighted by Crippen LogP contribution is 2.19. The van der Waals surface area contributed by atoms with Crippen LogP contribution in [0.4, 0.5) is 0 Å². The number of rotatable bonds is 6. The van der Waals surface area contributed by atoms with Crippen molar-refractivity contribution >= 4 is 11.3 Å². The number of hydrogen-bond donors (Lipinski definition) is 1. The van der Waals surface area contributed by atoms with Crippen LogP contribution < -0.4 is 5.32 Å². The first-order valence-electron chi connectivity index (χ1n) is 6.80. The van der Waals surface area contributed by atoms with Gasteiger partial charge < -0.3 is 5.32 Å². The van der Waals surface area contributed by atoms with E-state index >= 15 is 0 Å². The maximum atomic E-state index is 4.59. The summed E-state index contributed by atoms with van der Waals surface area (Å²) in [7, 11) is 0. The Morgan fingerprint density at radius 1 is 1.42 bits per heavy atom. The molecule has 0 spiro atoms. The molecular weight excluding hydrogens is 256 g/mol. The van der Waals surface area contributed by atoms with Crippen molar-refractivity contribution in [2.24, 2.45) is 0 Å². The summed E-state index contributed by atoms with van der Waals surface area (Å²) in [6.45, 7) is 9.37. The highest BCUT2D eigenvalue weighted by Gasteiger charge is 2.10. The van der Waals surface area contributed by atoms with Gasteiger partial charge >= 0.3 is 0 Å². The van der Waals surface area contributed by atoms with Crippen molar-refractivity contribution in [3.05, 3.63) is 34.0 Å². The van der Waals surface area contributed by atoms with E-state index in [-0.39, 0.29) is 6.04 Å². The van der Waals surface area contributed by atoms with Crippen LogP contribution >= 0.6 is 11.3 Å². The van der Waals surface area contributed by atoms with Crippen molar-refractivity contribution in [1.82, 2.24) is 20.1 Å². The van der Waals surface area contributed by atoms with Crippen LogP contribution in [0.15, 0.2) is 18.5 Å². The predicted molar refractivity (Wildman–Crippen MR) is 79.3 cm³/mol. The van der Waals surface area contributed by atoms with Gasteiger partial charge in [-0.25, -0.2) is 4.98 Å². The Labute approximate surface area is 118 Å². The SMILES string of the molecule is CCC(C)n1ccc(CNC(C)c2ncc(C)s2)n1. The van der Waals surface area contributed by atoms with Gasteiger partial charge in [0.15, 0.2) is 0 Å². The zero-order chi connectivity index (χ0) is 13.8. The minimum atomic E-state index is 0.271. The van der Waals surface area contributed by atoms with Crippen LogP contribution in [0.25, 0.3) is 0 Å². The van der Waals surface area contributed by atoms with Gasteiger partial charge in [-0.1, -0.05) is 6.92 Å². The molecule has 4 nitrogen and oxygen atoms in total. The minimum absolute atomic E-state index is 0.271. The summed E-state index contributed by atoms with van der Waals surface area (Å²) in [6.07, 6.45) is 5.09. The van der Waals surface area contributed by atoms with Crippen molar-refractivity contribution in [3.8, 4) is 0 Å². The molecule has 1 N–H and O–H groups in total. The average molecular weight is 278 g/mol. The molecule has 0 aliphatic rings. The summed E-state index contributed by atoms with van der Waals surface area (Å²) in [5, 5.41) is 9.20. The Hall–Kier alpha value is -1.20. The third kappa shape index (κ3) is 3.64. The Morgan fingerprint density at radius 3 is 2.84 bits per heavy atom. The molecule has 0 fully saturated rings. The molecule has 2 atom stereocenters. The number of nitrogens with zero attached hydrogens (tertiary/aromatic N) is 3. The first kappa shape index (κ1) is 14.2. The normalized spacial score (nSPS) is 14.5. The number of thiazole rings is 1. The molecule has 2 unspecified atom stereocenters. The molecule has 19 heavy (non-hydrogen) atoms. The van der Waals surface area contributed by atoms with Crippen LogP contribution in [0.3, 0.4) is 0 Å². The first-order chi connectivity index (χ1) is 9.10. The molecule has 2 aromatic rings. The summed E-state index contributed by atoms with van der Waals surface area (Å²) in [5.74, 6) is 0. The van der Waals surface area contributed by atoms with Gasteiger partial charge in [0.2, 0.25) is 0 Å². The predicted octanol–water partition coefficient (Wildman–Crippen LogP) is 3.47. The molecule has 0 bridgehead atoms. The van der Waals surface area contributed by atoms with Crippen molar-refractivity contribution in [2.75, 3.05) is 0 Å². The van der Waals surface area contributed by atoms with Crippen LogP contribution in [0, 0.1) is 6.92 Å². The van der Waals surface area contributed by atoms with Crippen LogP contribution in [0.2, 0.25) is 0 Å². The Bertz CT molecular complexity index is 517. The Kier molecular flexibility index (Phi) is 4.71. The largest absolute Gasteiger partial charge is 0.302 e. The zero-order valence-electron chi connectivity index (χ0n) is 12.1. The molecule has 2 aromatic heterocycles. The second-order valence-electron chi connectivity index (χ2n) is 4.96. The van der Waals surface area contributed by atoms with Crippen LogP contribution in [0.1, 0.15) is 54.9 Å². The van der Waals surface area contributed by atoms with Gasteiger partial charge in [0.25, 0.3) is 0 Å². The van der Waals surface area contributed by atoms with Gasteiger partial charge in [0.1, 0.15) is 5.01 Å². The summed E-state index contributed by atoms with van der Waals surface area (Å²) in [4.78, 5) is 5.66. The lowest BCUT2D eigenvalue weighted by atomic mass is 10.3. The lowest BCUT2D eigenvalue weighted by molar-refractivity contribution is 0.468. The van der Waals surface area contributed by atoms with E-state index in [1.165, 1.54) is 4.88 Å². The summed E-state index contributed by atoms with van der Waals surface area (Å²) >= 11 is 1.75. The number of aryl methyl sites for hydroxylation is 1. The van der Waals surface area contributed by atoms with E-state index in [4.69, 9.17) is 0 Å². The van der Waals surface area contributed by atoms with Crippen LogP contribution in [0.5, 0.6) is 0 Å². The minimum Gasteiger partial charge on any atom is -0.302 e. The zero-order valence-corrected chi connectivity index (χ0v) is 12.9. The van der Waals surface area contributed by atoms with Gasteiger partial charge in [-0.05, 0) is 33.3 Å². The molecule has 0 radical (unpaired) electrons. The smallest absolute Gasteiger partial charge is 0.109 e. The molecule has 0 aromatic carbocycles. The fraction of sp³-hybridized carbons (Fsp3) is 0.571. The quantitative estimate of drug-likeness (QED) is 0.880. The van der Waals surface area contributed by atoms with E-state index in [1.807, 2.05) is 10.9 Å². The fourth-order valence-electron chi connectivity index (χ4n) is 1.82. The fourth-order valence-corrected chi connectivity index (χ4v) is 2.62. The van der Waals surface area contributed by atoms with E-state index in [0.717, 1.165) is 23.7 Å². The average Bonchev–Trinajstić information content (AvgIpc) is 3.04. The van der Waals surface area contributed by atoms with E-state index in [0.29, 0.717) is 6.04 Å². The van der Waals surface area contributed by atoms with E-state index in [2.05, 4.69) is 55.4 Å². The molecule has 2 rings (SSSR count). The van der Waals surface area contributed by atoms with Crippen molar-refractivity contribution in [3.63, 3.8) is 0 Å². The highest BCUT2D eigenvalue weighted by molar-refractivity contribution is 7.11. The number of nitrogens with one attached hydrogen (secondary N) is 1. The van der Waals surface area contributed by atoms with Crippen molar-refractivity contribution < 1.29 is 0 Å². The monoisotopic (exact) mass is 278 g/mol. The second-order valence-corrected chi connectivity index (χ2v) is 6.22. The third-order valence-electron chi connectivity index (χ3n) is 3.30. The van der Waals surface area contributed by atoms with Gasteiger partial charge in [0, 0.05) is 29.9 Å². The van der Waals surface area contributed by atoms with Gasteiger partial charge in [-0.2, -0.15) is 5.10 Å². The van der Waals surface area contributed by atoms with Crippen molar-refractivity contribution in [2.45, 2.75) is 52.7 Å². The van der Waals surface area contributed by atoms with Gasteiger partial charge in [-0.15, -0.1) is 11.3 Å². The standard InChI is InChI=1S/C14H22N4S/c1-5-10(2)18-7-6-13(17-18)9-15-12(4)14-16-8-11(3)19-14/h6-8,10,12,15H,5,9H2,1-4H3. The second kappa shape index (κ2) is 6.30. The molecule has 5 heteroatoms. The van der Waals surface area contributed by atoms with E-state index < -0.39 is 0 Å². The summed E-state index contributed by atoms with van der Waals surface area (Å²) in [6, 6.07) is 2.82. The Morgan fingerprint density at radius 2 is 2.21 bits per heavy atom. The molecule has 104 valence electrons. The molecule has 2 heterocycles. The number of aromatic nitrogens is 3. The van der Waals surface area contributed by atoms with Crippen molar-refractivity contribution in [1.29, 1.82) is 0 Å². The Balaban J connectivity index is 1.90. The lowest BCUT2D eigenvalue weighted by Crippen LogP contribution is -2.18. The summed E-state index contributed by atoms with van der Waals surface area (Å²) < 4.78 is 2.04. The third-order valence-corrected chi connectivity index (χ3v) is 4.40. The van der Waals surface area contributed by atoms with Gasteiger partial charge in [0.05, 0.1) is 11.7 Å². The van der Waals surface area contributed by atoms with E-state index in [1.54, 1.807) is 11.3 Å². The first-order valence-corrected chi connectivity index (χ1v) is 7.61. The molecule has 0 amide bonds. The molecular formula is C14H22N4S. The maximum absolute atomic E-state index is 4.59. The topological polar surface area (TPSA) is 42.7 Å². The van der Waals surface area contributed by atoms with E-state index in [9.17, 15) is 0 Å². The molecule has 0 saturated heterocycles. The summed E-state index contributed by atoms with van der Waals surface area (Å²) in [5.41, 5.74) is 1.08. The molecule has 0 aliphatic carbocycles.